The van der Waals surface area contributed by atoms with Gasteiger partial charge in [-0.15, -0.1) is 0 Å². The summed E-state index contributed by atoms with van der Waals surface area (Å²) in [6.07, 6.45) is 5.51. The van der Waals surface area contributed by atoms with E-state index in [9.17, 15) is 9.18 Å². The highest BCUT2D eigenvalue weighted by molar-refractivity contribution is 7.99. The molecule has 0 radical (unpaired) electrons. The molecule has 0 amide bonds. The van der Waals surface area contributed by atoms with E-state index in [0.717, 1.165) is 15.4 Å². The molecule has 2 aromatic rings. The first-order valence-corrected chi connectivity index (χ1v) is 7.79. The van der Waals surface area contributed by atoms with Gasteiger partial charge in [0, 0.05) is 15.4 Å². The number of halogens is 1. The van der Waals surface area contributed by atoms with E-state index in [1.54, 1.807) is 17.8 Å². The molecule has 0 saturated carbocycles. The van der Waals surface area contributed by atoms with Crippen molar-refractivity contribution in [1.29, 1.82) is 0 Å². The highest BCUT2D eigenvalue weighted by Gasteiger charge is 2.44. The molecule has 1 heterocycles. The molecular weight excluding hydrogens is 283 g/mol. The number of hydrogen-bond donors (Lipinski definition) is 0. The maximum Gasteiger partial charge on any atom is 0.175 e. The van der Waals surface area contributed by atoms with Crippen molar-refractivity contribution in [2.24, 2.45) is 0 Å². The Hall–Kier alpha value is -1.87. The molecule has 1 nitrogen and oxygen atoms in total. The van der Waals surface area contributed by atoms with Crippen LogP contribution in [0.4, 0.5) is 4.39 Å². The van der Waals surface area contributed by atoms with Crippen LogP contribution in [0.2, 0.25) is 0 Å². The predicted molar refractivity (Wildman–Crippen MR) is 81.3 cm³/mol. The summed E-state index contributed by atoms with van der Waals surface area (Å²) >= 11 is 1.56. The minimum absolute atomic E-state index is 0.0412. The molecule has 3 heteroatoms. The normalized spacial score (nSPS) is 18.4. The topological polar surface area (TPSA) is 17.1 Å². The van der Waals surface area contributed by atoms with Crippen LogP contribution in [0.3, 0.4) is 0 Å². The molecular formula is C18H13FOS. The van der Waals surface area contributed by atoms with Gasteiger partial charge in [0.1, 0.15) is 5.82 Å². The van der Waals surface area contributed by atoms with Crippen LogP contribution in [0, 0.1) is 5.82 Å². The lowest BCUT2D eigenvalue weighted by atomic mass is 9.72. The molecule has 4 rings (SSSR count). The lowest BCUT2D eigenvalue weighted by Gasteiger charge is -2.28. The van der Waals surface area contributed by atoms with Crippen LogP contribution in [0.5, 0.6) is 0 Å². The molecule has 0 aromatic heterocycles. The number of ketones is 1. The average Bonchev–Trinajstić information content (AvgIpc) is 2.96. The van der Waals surface area contributed by atoms with Crippen molar-refractivity contribution in [1.82, 2.24) is 0 Å². The van der Waals surface area contributed by atoms with Gasteiger partial charge >= 0.3 is 0 Å². The maximum atomic E-state index is 13.6. The summed E-state index contributed by atoms with van der Waals surface area (Å²) in [5.74, 6) is -0.311. The van der Waals surface area contributed by atoms with E-state index in [-0.39, 0.29) is 11.6 Å². The van der Waals surface area contributed by atoms with Gasteiger partial charge in [-0.05, 0) is 42.7 Å². The zero-order valence-electron chi connectivity index (χ0n) is 11.3. The van der Waals surface area contributed by atoms with Gasteiger partial charge in [0.15, 0.2) is 5.78 Å². The van der Waals surface area contributed by atoms with E-state index in [1.807, 2.05) is 24.3 Å². The van der Waals surface area contributed by atoms with Crippen molar-refractivity contribution in [3.05, 3.63) is 71.6 Å². The number of rotatable bonds is 0. The van der Waals surface area contributed by atoms with Gasteiger partial charge in [-0.1, -0.05) is 42.1 Å². The second-order valence-electron chi connectivity index (χ2n) is 5.53. The molecule has 0 unspecified atom stereocenters. The number of carbonyl (C=O) groups is 1. The Morgan fingerprint density at radius 3 is 2.57 bits per heavy atom. The molecule has 2 aliphatic rings. The van der Waals surface area contributed by atoms with Crippen LogP contribution in [0.15, 0.2) is 64.4 Å². The molecule has 1 spiro atoms. The third-order valence-corrected chi connectivity index (χ3v) is 5.49. The molecule has 0 saturated heterocycles. The Balaban J connectivity index is 2.01. The Morgan fingerprint density at radius 1 is 1.00 bits per heavy atom. The molecule has 21 heavy (non-hydrogen) atoms. The smallest absolute Gasteiger partial charge is 0.175 e. The quantitative estimate of drug-likeness (QED) is 0.652. The van der Waals surface area contributed by atoms with Crippen molar-refractivity contribution in [2.75, 3.05) is 0 Å². The van der Waals surface area contributed by atoms with Gasteiger partial charge in [-0.25, -0.2) is 4.39 Å². The highest BCUT2D eigenvalue weighted by Crippen LogP contribution is 2.49. The number of hydrogen-bond acceptors (Lipinski definition) is 2. The summed E-state index contributed by atoms with van der Waals surface area (Å²) in [7, 11) is 0. The molecule has 1 aliphatic carbocycles. The van der Waals surface area contributed by atoms with E-state index in [1.165, 1.54) is 12.1 Å². The van der Waals surface area contributed by atoms with Crippen LogP contribution in [0.1, 0.15) is 28.8 Å². The minimum atomic E-state index is -0.553. The van der Waals surface area contributed by atoms with E-state index in [4.69, 9.17) is 0 Å². The number of fused-ring (bicyclic) bond motifs is 3. The first-order chi connectivity index (χ1) is 10.2. The van der Waals surface area contributed by atoms with Crippen molar-refractivity contribution in [3.63, 3.8) is 0 Å². The van der Waals surface area contributed by atoms with Gasteiger partial charge in [0.2, 0.25) is 0 Å². The fraction of sp³-hybridized carbons (Fsp3) is 0.167. The van der Waals surface area contributed by atoms with Gasteiger partial charge < -0.3 is 0 Å². The van der Waals surface area contributed by atoms with E-state index >= 15 is 0 Å². The lowest BCUT2D eigenvalue weighted by molar-refractivity contribution is 0.0886. The maximum absolute atomic E-state index is 13.6. The number of carbonyl (C=O) groups excluding carboxylic acids is 1. The third kappa shape index (κ3) is 1.80. The van der Waals surface area contributed by atoms with E-state index in [0.29, 0.717) is 18.4 Å². The first-order valence-electron chi connectivity index (χ1n) is 6.97. The Bertz CT molecular complexity index is 771. The molecule has 0 bridgehead atoms. The molecule has 0 atom stereocenters. The fourth-order valence-electron chi connectivity index (χ4n) is 3.28. The van der Waals surface area contributed by atoms with Gasteiger partial charge in [0.05, 0.1) is 5.41 Å². The number of benzene rings is 2. The summed E-state index contributed by atoms with van der Waals surface area (Å²) in [6, 6.07) is 12.6. The summed E-state index contributed by atoms with van der Waals surface area (Å²) in [4.78, 5) is 15.1. The van der Waals surface area contributed by atoms with Crippen LogP contribution in [-0.4, -0.2) is 5.78 Å². The van der Waals surface area contributed by atoms with Gasteiger partial charge in [-0.3, -0.25) is 4.79 Å². The molecule has 2 aromatic carbocycles. The van der Waals surface area contributed by atoms with Gasteiger partial charge in [0.25, 0.3) is 0 Å². The standard InChI is InChI=1S/C18H13FOS/c19-12-7-8-15-13(11-12)17(20)18(9-3-4-10-18)14-5-1-2-6-16(14)21-15/h1-8,11H,9-10H2. The first kappa shape index (κ1) is 12.8. The Morgan fingerprint density at radius 2 is 1.76 bits per heavy atom. The van der Waals surface area contributed by atoms with Crippen molar-refractivity contribution >= 4 is 17.5 Å². The molecule has 104 valence electrons. The zero-order chi connectivity index (χ0) is 14.4. The third-order valence-electron chi connectivity index (χ3n) is 4.34. The summed E-state index contributed by atoms with van der Waals surface area (Å²) in [6.45, 7) is 0. The molecule has 0 N–H and O–H groups in total. The zero-order valence-corrected chi connectivity index (χ0v) is 12.1. The summed E-state index contributed by atoms with van der Waals surface area (Å²) in [5, 5.41) is 0. The highest BCUT2D eigenvalue weighted by atomic mass is 32.2. The minimum Gasteiger partial charge on any atom is -0.293 e. The van der Waals surface area contributed by atoms with E-state index in [2.05, 4.69) is 12.2 Å². The summed E-state index contributed by atoms with van der Waals surface area (Å²) in [5.41, 5.74) is 1.03. The lowest BCUT2D eigenvalue weighted by Crippen LogP contribution is -2.33. The number of Topliss-reactive ketones (excluding diaryl/α,β-unsaturated/α-hetero) is 1. The van der Waals surface area contributed by atoms with Crippen LogP contribution in [0.25, 0.3) is 0 Å². The summed E-state index contributed by atoms with van der Waals surface area (Å²) < 4.78 is 13.6. The second kappa shape index (κ2) is 4.57. The largest absolute Gasteiger partial charge is 0.293 e. The average molecular weight is 296 g/mol. The van der Waals surface area contributed by atoms with Crippen LogP contribution in [-0.2, 0) is 5.41 Å². The Kier molecular flexibility index (Phi) is 2.79. The molecule has 0 fully saturated rings. The SMILES string of the molecule is O=C1c2cc(F)ccc2Sc2ccccc2C12CC=CC2. The second-order valence-corrected chi connectivity index (χ2v) is 6.61. The van der Waals surface area contributed by atoms with Gasteiger partial charge in [-0.2, -0.15) is 0 Å². The number of allylic oxidation sites excluding steroid dienone is 2. The van der Waals surface area contributed by atoms with Crippen molar-refractivity contribution < 1.29 is 9.18 Å². The van der Waals surface area contributed by atoms with E-state index < -0.39 is 5.41 Å². The fourth-order valence-corrected chi connectivity index (χ4v) is 4.43. The Labute approximate surface area is 126 Å². The van der Waals surface area contributed by atoms with Crippen molar-refractivity contribution in [3.8, 4) is 0 Å². The molecule has 1 aliphatic heterocycles. The predicted octanol–water partition coefficient (Wildman–Crippen LogP) is 4.76. The van der Waals surface area contributed by atoms with Crippen LogP contribution < -0.4 is 0 Å². The van der Waals surface area contributed by atoms with Crippen LogP contribution >= 0.6 is 11.8 Å². The monoisotopic (exact) mass is 296 g/mol. The van der Waals surface area contributed by atoms with Crippen molar-refractivity contribution in [2.45, 2.75) is 28.0 Å².